The van der Waals surface area contributed by atoms with Crippen molar-refractivity contribution in [1.29, 1.82) is 0 Å². The van der Waals surface area contributed by atoms with Gasteiger partial charge in [0.2, 0.25) is 0 Å². The average Bonchev–Trinajstić information content (AvgIpc) is 2.65. The molecule has 2 unspecified atom stereocenters. The molecule has 106 valence electrons. The Morgan fingerprint density at radius 3 is 2.44 bits per heavy atom. The predicted octanol–water partition coefficient (Wildman–Crippen LogP) is 3.89. The molecule has 0 spiro atoms. The maximum absolute atomic E-state index is 6.13. The van der Waals surface area contributed by atoms with Gasteiger partial charge in [0.1, 0.15) is 0 Å². The Labute approximate surface area is 113 Å². The highest BCUT2D eigenvalue weighted by Gasteiger charge is 2.41. The highest BCUT2D eigenvalue weighted by molar-refractivity contribution is 4.96. The van der Waals surface area contributed by atoms with Crippen molar-refractivity contribution in [3.63, 3.8) is 0 Å². The van der Waals surface area contributed by atoms with Crippen LogP contribution in [0.2, 0.25) is 0 Å². The molecule has 1 saturated heterocycles. The second-order valence-corrected chi connectivity index (χ2v) is 6.45. The fourth-order valence-electron chi connectivity index (χ4n) is 3.87. The maximum atomic E-state index is 6.13. The van der Waals surface area contributed by atoms with Crippen LogP contribution in [0, 0.1) is 5.92 Å². The van der Waals surface area contributed by atoms with Crippen LogP contribution in [0.15, 0.2) is 0 Å². The van der Waals surface area contributed by atoms with Crippen LogP contribution in [0.25, 0.3) is 0 Å². The van der Waals surface area contributed by atoms with E-state index in [4.69, 9.17) is 4.74 Å². The van der Waals surface area contributed by atoms with E-state index >= 15 is 0 Å². The first-order valence-electron chi connectivity index (χ1n) is 8.13. The Hall–Kier alpha value is -0.0800. The fourth-order valence-corrected chi connectivity index (χ4v) is 3.87. The van der Waals surface area contributed by atoms with Crippen LogP contribution in [0.3, 0.4) is 0 Å². The van der Waals surface area contributed by atoms with Gasteiger partial charge in [0.05, 0.1) is 5.60 Å². The zero-order valence-electron chi connectivity index (χ0n) is 12.3. The van der Waals surface area contributed by atoms with Crippen LogP contribution >= 0.6 is 0 Å². The third-order valence-electron chi connectivity index (χ3n) is 4.89. The van der Waals surface area contributed by atoms with E-state index in [1.165, 1.54) is 57.8 Å². The molecule has 0 bridgehead atoms. The molecule has 2 heteroatoms. The van der Waals surface area contributed by atoms with Gasteiger partial charge in [0.15, 0.2) is 0 Å². The molecule has 0 radical (unpaired) electrons. The maximum Gasteiger partial charge on any atom is 0.0810 e. The van der Waals surface area contributed by atoms with Gasteiger partial charge in [0, 0.05) is 12.6 Å². The molecule has 1 heterocycles. The number of rotatable bonds is 5. The Balaban J connectivity index is 2.02. The van der Waals surface area contributed by atoms with Crippen LogP contribution in [0.4, 0.5) is 0 Å². The Bertz CT molecular complexity index is 227. The highest BCUT2D eigenvalue weighted by Crippen LogP contribution is 2.37. The molecule has 2 nitrogen and oxygen atoms in total. The largest absolute Gasteiger partial charge is 0.374 e. The average molecular weight is 253 g/mol. The van der Waals surface area contributed by atoms with Crippen LogP contribution < -0.4 is 5.32 Å². The summed E-state index contributed by atoms with van der Waals surface area (Å²) in [4.78, 5) is 0. The zero-order valence-corrected chi connectivity index (χ0v) is 12.3. The molecule has 1 aliphatic heterocycles. The summed E-state index contributed by atoms with van der Waals surface area (Å²) in [6.45, 7) is 6.71. The molecule has 1 N–H and O–H groups in total. The summed E-state index contributed by atoms with van der Waals surface area (Å²) in [7, 11) is 0. The van der Waals surface area contributed by atoms with Crippen LogP contribution in [-0.4, -0.2) is 24.8 Å². The van der Waals surface area contributed by atoms with E-state index in [9.17, 15) is 0 Å². The number of hydrogen-bond donors (Lipinski definition) is 1. The smallest absolute Gasteiger partial charge is 0.0810 e. The number of nitrogens with one attached hydrogen (secondary N) is 1. The normalized spacial score (nSPS) is 32.3. The molecule has 0 aromatic carbocycles. The van der Waals surface area contributed by atoms with Gasteiger partial charge in [-0.25, -0.2) is 0 Å². The van der Waals surface area contributed by atoms with E-state index in [0.717, 1.165) is 19.1 Å². The van der Waals surface area contributed by atoms with Crippen molar-refractivity contribution in [2.75, 3.05) is 13.2 Å². The topological polar surface area (TPSA) is 21.3 Å². The van der Waals surface area contributed by atoms with Crippen molar-refractivity contribution in [3.8, 4) is 0 Å². The van der Waals surface area contributed by atoms with E-state index in [2.05, 4.69) is 19.2 Å². The van der Waals surface area contributed by atoms with E-state index in [1.807, 2.05) is 0 Å². The first-order valence-corrected chi connectivity index (χ1v) is 8.13. The Morgan fingerprint density at radius 2 is 1.89 bits per heavy atom. The zero-order chi connectivity index (χ0) is 12.8. The summed E-state index contributed by atoms with van der Waals surface area (Å²) in [6, 6.07) is 0.582. The molecule has 2 atom stereocenters. The quantitative estimate of drug-likeness (QED) is 0.750. The van der Waals surface area contributed by atoms with Crippen molar-refractivity contribution in [1.82, 2.24) is 5.32 Å². The van der Waals surface area contributed by atoms with Gasteiger partial charge in [-0.2, -0.15) is 0 Å². The SMILES string of the molecule is CCCNC(C1CCCCCC1)C1(C)CCCO1. The minimum atomic E-state index is 0.101. The molecule has 2 fully saturated rings. The number of hydrogen-bond acceptors (Lipinski definition) is 2. The lowest BCUT2D eigenvalue weighted by molar-refractivity contribution is -0.0308. The van der Waals surface area contributed by atoms with Gasteiger partial charge in [-0.15, -0.1) is 0 Å². The fraction of sp³-hybridized carbons (Fsp3) is 1.00. The van der Waals surface area contributed by atoms with E-state index in [0.29, 0.717) is 6.04 Å². The first-order chi connectivity index (χ1) is 8.76. The third-order valence-corrected chi connectivity index (χ3v) is 4.89. The Morgan fingerprint density at radius 1 is 1.17 bits per heavy atom. The van der Waals surface area contributed by atoms with Gasteiger partial charge in [0.25, 0.3) is 0 Å². The van der Waals surface area contributed by atoms with Crippen molar-refractivity contribution >= 4 is 0 Å². The van der Waals surface area contributed by atoms with E-state index < -0.39 is 0 Å². The van der Waals surface area contributed by atoms with E-state index in [1.54, 1.807) is 0 Å². The minimum absolute atomic E-state index is 0.101. The van der Waals surface area contributed by atoms with Crippen molar-refractivity contribution < 1.29 is 4.74 Å². The summed E-state index contributed by atoms with van der Waals surface area (Å²) in [5.74, 6) is 0.835. The summed E-state index contributed by atoms with van der Waals surface area (Å²) < 4.78 is 6.13. The highest BCUT2D eigenvalue weighted by atomic mass is 16.5. The number of ether oxygens (including phenoxy) is 1. The molecular weight excluding hydrogens is 222 g/mol. The second-order valence-electron chi connectivity index (χ2n) is 6.45. The summed E-state index contributed by atoms with van der Waals surface area (Å²) in [5, 5.41) is 3.82. The molecule has 2 rings (SSSR count). The summed E-state index contributed by atoms with van der Waals surface area (Å²) in [5.41, 5.74) is 0.101. The van der Waals surface area contributed by atoms with Crippen LogP contribution in [-0.2, 0) is 4.74 Å². The molecule has 1 saturated carbocycles. The minimum Gasteiger partial charge on any atom is -0.374 e. The predicted molar refractivity (Wildman–Crippen MR) is 76.9 cm³/mol. The molecule has 0 amide bonds. The van der Waals surface area contributed by atoms with E-state index in [-0.39, 0.29) is 5.60 Å². The molecule has 2 aliphatic rings. The summed E-state index contributed by atoms with van der Waals surface area (Å²) in [6.07, 6.45) is 12.2. The molecule has 18 heavy (non-hydrogen) atoms. The van der Waals surface area contributed by atoms with Crippen molar-refractivity contribution in [3.05, 3.63) is 0 Å². The van der Waals surface area contributed by atoms with Gasteiger partial charge in [-0.1, -0.05) is 32.6 Å². The van der Waals surface area contributed by atoms with Gasteiger partial charge >= 0.3 is 0 Å². The summed E-state index contributed by atoms with van der Waals surface area (Å²) >= 11 is 0. The second kappa shape index (κ2) is 6.91. The first kappa shape index (κ1) is 14.3. The lowest BCUT2D eigenvalue weighted by atomic mass is 9.80. The Kier molecular flexibility index (Phi) is 5.50. The van der Waals surface area contributed by atoms with Gasteiger partial charge in [-0.3, -0.25) is 0 Å². The van der Waals surface area contributed by atoms with Crippen molar-refractivity contribution in [2.24, 2.45) is 5.92 Å². The molecule has 0 aromatic heterocycles. The lowest BCUT2D eigenvalue weighted by Gasteiger charge is -2.39. The molecular formula is C16H31NO. The van der Waals surface area contributed by atoms with Crippen LogP contribution in [0.1, 0.15) is 71.6 Å². The lowest BCUT2D eigenvalue weighted by Crippen LogP contribution is -2.53. The van der Waals surface area contributed by atoms with Crippen molar-refractivity contribution in [2.45, 2.75) is 83.3 Å². The van der Waals surface area contributed by atoms with Gasteiger partial charge in [-0.05, 0) is 51.5 Å². The third kappa shape index (κ3) is 3.48. The standard InChI is InChI=1S/C16H31NO/c1-3-12-17-15(16(2)11-8-13-18-16)14-9-6-4-5-7-10-14/h14-15,17H,3-13H2,1-2H3. The molecule has 1 aliphatic carbocycles. The van der Waals surface area contributed by atoms with Crippen LogP contribution in [0.5, 0.6) is 0 Å². The monoisotopic (exact) mass is 253 g/mol. The molecule has 0 aromatic rings. The van der Waals surface area contributed by atoms with Gasteiger partial charge < -0.3 is 10.1 Å².